The van der Waals surface area contributed by atoms with Gasteiger partial charge in [-0.1, -0.05) is 13.0 Å². The highest BCUT2D eigenvalue weighted by Crippen LogP contribution is 2.29. The van der Waals surface area contributed by atoms with Gasteiger partial charge in [-0.2, -0.15) is 0 Å². The summed E-state index contributed by atoms with van der Waals surface area (Å²) in [6.45, 7) is 8.39. The summed E-state index contributed by atoms with van der Waals surface area (Å²) < 4.78 is 5.48. The van der Waals surface area contributed by atoms with E-state index in [4.69, 9.17) is 4.74 Å². The van der Waals surface area contributed by atoms with Crippen molar-refractivity contribution in [2.24, 2.45) is 0 Å². The Morgan fingerprint density at radius 3 is 2.85 bits per heavy atom. The highest BCUT2D eigenvalue weighted by atomic mass is 32.1. The van der Waals surface area contributed by atoms with E-state index >= 15 is 0 Å². The molecule has 1 aliphatic rings. The number of nitrogens with zero attached hydrogens (tertiary/aromatic N) is 2. The molecule has 0 N–H and O–H groups in total. The minimum Gasteiger partial charge on any atom is -0.444 e. The normalized spacial score (nSPS) is 19.7. The predicted octanol–water partition coefficient (Wildman–Crippen LogP) is 3.95. The second kappa shape index (κ2) is 5.95. The Morgan fingerprint density at radius 1 is 1.55 bits per heavy atom. The molecule has 2 heterocycles. The van der Waals surface area contributed by atoms with Gasteiger partial charge in [-0.3, -0.25) is 0 Å². The minimum atomic E-state index is -0.450. The van der Waals surface area contributed by atoms with Crippen LogP contribution < -0.4 is 0 Å². The molecular formula is C15H22N2O2S. The molecular weight excluding hydrogens is 272 g/mol. The van der Waals surface area contributed by atoms with Gasteiger partial charge in [0, 0.05) is 24.2 Å². The number of hydrogen-bond donors (Lipinski definition) is 0. The Hall–Kier alpha value is -1.36. The number of rotatable bonds is 2. The fraction of sp³-hybridized carbons (Fsp3) is 0.600. The van der Waals surface area contributed by atoms with Crippen LogP contribution in [0.3, 0.4) is 0 Å². The largest absolute Gasteiger partial charge is 0.444 e. The minimum absolute atomic E-state index is 0.189. The van der Waals surface area contributed by atoms with E-state index in [9.17, 15) is 4.79 Å². The topological polar surface area (TPSA) is 42.4 Å². The van der Waals surface area contributed by atoms with E-state index in [0.29, 0.717) is 6.54 Å². The third-order valence-electron chi connectivity index (χ3n) is 3.24. The van der Waals surface area contributed by atoms with Gasteiger partial charge in [-0.25, -0.2) is 9.78 Å². The van der Waals surface area contributed by atoms with E-state index in [2.05, 4.69) is 18.0 Å². The lowest BCUT2D eigenvalue weighted by atomic mass is 9.99. The summed E-state index contributed by atoms with van der Waals surface area (Å²) in [5.74, 6) is 0. The maximum Gasteiger partial charge on any atom is 0.410 e. The van der Waals surface area contributed by atoms with Crippen molar-refractivity contribution in [1.29, 1.82) is 0 Å². The maximum absolute atomic E-state index is 12.2. The monoisotopic (exact) mass is 294 g/mol. The van der Waals surface area contributed by atoms with E-state index in [-0.39, 0.29) is 12.1 Å². The molecule has 20 heavy (non-hydrogen) atoms. The van der Waals surface area contributed by atoms with E-state index in [1.165, 1.54) is 5.57 Å². The lowest BCUT2D eigenvalue weighted by molar-refractivity contribution is 0.0179. The summed E-state index contributed by atoms with van der Waals surface area (Å²) >= 11 is 1.65. The quantitative estimate of drug-likeness (QED) is 0.829. The van der Waals surface area contributed by atoms with Gasteiger partial charge in [-0.05, 0) is 39.2 Å². The maximum atomic E-state index is 12.2. The fourth-order valence-corrected chi connectivity index (χ4v) is 2.96. The zero-order chi connectivity index (χ0) is 14.8. The number of aromatic nitrogens is 1. The van der Waals surface area contributed by atoms with Gasteiger partial charge in [-0.15, -0.1) is 11.3 Å². The molecule has 0 saturated carbocycles. The highest BCUT2D eigenvalue weighted by Gasteiger charge is 2.30. The van der Waals surface area contributed by atoms with Crippen molar-refractivity contribution in [1.82, 2.24) is 9.88 Å². The SMILES string of the molecule is CC[C@@H]1CC(c2nccs2)=CCN1C(=O)OC(C)(C)C. The van der Waals surface area contributed by atoms with Gasteiger partial charge in [0.1, 0.15) is 10.6 Å². The molecule has 5 heteroatoms. The molecule has 2 rings (SSSR count). The van der Waals surface area contributed by atoms with Crippen molar-refractivity contribution in [3.05, 3.63) is 22.7 Å². The zero-order valence-corrected chi connectivity index (χ0v) is 13.4. The Bertz CT molecular complexity index is 488. The number of amides is 1. The van der Waals surface area contributed by atoms with Crippen molar-refractivity contribution in [3.8, 4) is 0 Å². The standard InChI is InChI=1S/C15H22N2O2S/c1-5-12-10-11(13-16-7-9-20-13)6-8-17(12)14(18)19-15(2,3)4/h6-7,9,12H,5,8,10H2,1-4H3/t12-/m1/s1. The van der Waals surface area contributed by atoms with E-state index in [1.54, 1.807) is 11.3 Å². The molecule has 0 spiro atoms. The van der Waals surface area contributed by atoms with Gasteiger partial charge in [0.05, 0.1) is 0 Å². The van der Waals surface area contributed by atoms with Crippen molar-refractivity contribution in [3.63, 3.8) is 0 Å². The number of hydrogen-bond acceptors (Lipinski definition) is 4. The first-order valence-electron chi connectivity index (χ1n) is 6.99. The molecule has 0 aromatic carbocycles. The Labute approximate surface area is 124 Å². The van der Waals surface area contributed by atoms with E-state index in [0.717, 1.165) is 17.8 Å². The molecule has 110 valence electrons. The average Bonchev–Trinajstić information content (AvgIpc) is 2.89. The zero-order valence-electron chi connectivity index (χ0n) is 12.5. The summed E-state index contributed by atoms with van der Waals surface area (Å²) in [6, 6.07) is 0.189. The molecule has 0 radical (unpaired) electrons. The Morgan fingerprint density at radius 2 is 2.30 bits per heavy atom. The van der Waals surface area contributed by atoms with Crippen LogP contribution in [0.5, 0.6) is 0 Å². The predicted molar refractivity (Wildman–Crippen MR) is 81.7 cm³/mol. The molecule has 0 saturated heterocycles. The van der Waals surface area contributed by atoms with Gasteiger partial charge < -0.3 is 9.64 Å². The summed E-state index contributed by atoms with van der Waals surface area (Å²) in [7, 11) is 0. The first kappa shape index (κ1) is 15.0. The van der Waals surface area contributed by atoms with Crippen LogP contribution >= 0.6 is 11.3 Å². The van der Waals surface area contributed by atoms with Crippen LogP contribution in [0.25, 0.3) is 5.57 Å². The molecule has 1 atom stereocenters. The summed E-state index contributed by atoms with van der Waals surface area (Å²) in [5.41, 5.74) is 0.793. The first-order valence-corrected chi connectivity index (χ1v) is 7.87. The lowest BCUT2D eigenvalue weighted by Gasteiger charge is -2.35. The summed E-state index contributed by atoms with van der Waals surface area (Å²) in [5, 5.41) is 3.05. The van der Waals surface area contributed by atoms with Gasteiger partial charge in [0.15, 0.2) is 0 Å². The fourth-order valence-electron chi connectivity index (χ4n) is 2.27. The van der Waals surface area contributed by atoms with Crippen LogP contribution in [0.2, 0.25) is 0 Å². The van der Waals surface area contributed by atoms with Crippen LogP contribution in [-0.2, 0) is 4.74 Å². The van der Waals surface area contributed by atoms with Gasteiger partial charge >= 0.3 is 6.09 Å². The summed E-state index contributed by atoms with van der Waals surface area (Å²) in [6.07, 6.45) is 5.46. The van der Waals surface area contributed by atoms with Crippen molar-refractivity contribution in [2.45, 2.75) is 52.2 Å². The summed E-state index contributed by atoms with van der Waals surface area (Å²) in [4.78, 5) is 18.4. The molecule has 1 aromatic heterocycles. The molecule has 0 unspecified atom stereocenters. The smallest absolute Gasteiger partial charge is 0.410 e. The number of carbonyl (C=O) groups is 1. The average molecular weight is 294 g/mol. The third kappa shape index (κ3) is 3.60. The van der Waals surface area contributed by atoms with Crippen molar-refractivity contribution < 1.29 is 9.53 Å². The lowest BCUT2D eigenvalue weighted by Crippen LogP contribution is -2.45. The van der Waals surface area contributed by atoms with Gasteiger partial charge in [0.2, 0.25) is 0 Å². The molecule has 1 amide bonds. The van der Waals surface area contributed by atoms with Crippen molar-refractivity contribution >= 4 is 23.0 Å². The Kier molecular flexibility index (Phi) is 4.48. The highest BCUT2D eigenvalue weighted by molar-refractivity contribution is 7.10. The molecule has 0 fully saturated rings. The van der Waals surface area contributed by atoms with Crippen LogP contribution in [0, 0.1) is 0 Å². The van der Waals surface area contributed by atoms with Gasteiger partial charge in [0.25, 0.3) is 0 Å². The molecule has 0 aliphatic carbocycles. The van der Waals surface area contributed by atoms with Crippen LogP contribution in [0.15, 0.2) is 17.7 Å². The molecule has 4 nitrogen and oxygen atoms in total. The van der Waals surface area contributed by atoms with Crippen LogP contribution in [0.1, 0.15) is 45.5 Å². The number of carbonyl (C=O) groups excluding carboxylic acids is 1. The number of ether oxygens (including phenoxy) is 1. The van der Waals surface area contributed by atoms with E-state index in [1.807, 2.05) is 37.2 Å². The second-order valence-corrected chi connectivity index (χ2v) is 6.86. The number of thiazole rings is 1. The van der Waals surface area contributed by atoms with Crippen LogP contribution in [-0.4, -0.2) is 34.2 Å². The molecule has 1 aliphatic heterocycles. The second-order valence-electron chi connectivity index (χ2n) is 5.97. The van der Waals surface area contributed by atoms with Crippen molar-refractivity contribution in [2.75, 3.05) is 6.54 Å². The Balaban J connectivity index is 2.11. The van der Waals surface area contributed by atoms with E-state index < -0.39 is 5.60 Å². The molecule has 1 aromatic rings. The third-order valence-corrected chi connectivity index (χ3v) is 4.09. The molecule has 0 bridgehead atoms. The first-order chi connectivity index (χ1) is 9.40. The van der Waals surface area contributed by atoms with Crippen LogP contribution in [0.4, 0.5) is 4.79 Å².